The second kappa shape index (κ2) is 16.2. The lowest BCUT2D eigenvalue weighted by Gasteiger charge is -2.13. The van der Waals surface area contributed by atoms with Crippen molar-refractivity contribution in [2.75, 3.05) is 0 Å². The molecule has 0 spiro atoms. The van der Waals surface area contributed by atoms with Crippen LogP contribution in [-0.4, -0.2) is 19.9 Å². The van der Waals surface area contributed by atoms with Gasteiger partial charge in [0, 0.05) is 38.6 Å². The molecule has 4 nitrogen and oxygen atoms in total. The maximum atomic E-state index is 5.34. The molecule has 0 saturated carbocycles. The highest BCUT2D eigenvalue weighted by Gasteiger charge is 2.16. The summed E-state index contributed by atoms with van der Waals surface area (Å²) in [5, 5.41) is 2.14. The van der Waals surface area contributed by atoms with E-state index in [1.165, 1.54) is 11.1 Å². The summed E-state index contributed by atoms with van der Waals surface area (Å²) in [6, 6.07) is 70.2. The maximum Gasteiger partial charge on any atom is 0.160 e. The zero-order valence-corrected chi connectivity index (χ0v) is 34.0. The molecule has 0 atom stereocenters. The molecule has 0 radical (unpaired) electrons. The van der Waals surface area contributed by atoms with E-state index in [9.17, 15) is 0 Å². The van der Waals surface area contributed by atoms with Crippen molar-refractivity contribution < 1.29 is 0 Å². The summed E-state index contributed by atoms with van der Waals surface area (Å²) in [7, 11) is 0. The molecule has 0 saturated heterocycles. The van der Waals surface area contributed by atoms with Gasteiger partial charge in [-0.3, -0.25) is 0 Å². The van der Waals surface area contributed by atoms with E-state index in [0.717, 1.165) is 107 Å². The largest absolute Gasteiger partial charge is 0.245 e. The van der Waals surface area contributed by atoms with Crippen molar-refractivity contribution in [3.05, 3.63) is 224 Å². The van der Waals surface area contributed by atoms with Crippen LogP contribution in [0.1, 0.15) is 18.4 Å². The molecule has 3 heterocycles. The number of hydrogen-bond acceptors (Lipinski definition) is 4. The SMILES string of the molecule is C1=CC(c2ccc(-c3nc(-c4ccccc4)cc(-c4ccc(-c5cccc(-c6ccc7ccc8c(-c9ccccc9)cc(-c9ccccc9)nc8c7n6)c5)cc4)n3)cc2)=CCC1. The number of allylic oxidation sites excluding steroid dienone is 4. The van der Waals surface area contributed by atoms with Crippen molar-refractivity contribution in [1.29, 1.82) is 0 Å². The van der Waals surface area contributed by atoms with E-state index in [-0.39, 0.29) is 0 Å². The van der Waals surface area contributed by atoms with Crippen LogP contribution in [0.4, 0.5) is 0 Å². The summed E-state index contributed by atoms with van der Waals surface area (Å²) in [5.74, 6) is 0.705. The van der Waals surface area contributed by atoms with Crippen molar-refractivity contribution in [2.24, 2.45) is 0 Å². The smallest absolute Gasteiger partial charge is 0.160 e. The van der Waals surface area contributed by atoms with Gasteiger partial charge in [-0.2, -0.15) is 0 Å². The first-order valence-corrected chi connectivity index (χ1v) is 21.2. The van der Waals surface area contributed by atoms with Gasteiger partial charge in [-0.25, -0.2) is 19.9 Å². The van der Waals surface area contributed by atoms with Gasteiger partial charge in [0.1, 0.15) is 0 Å². The van der Waals surface area contributed by atoms with Gasteiger partial charge in [-0.15, -0.1) is 0 Å². The molecule has 11 rings (SSSR count). The molecule has 1 aliphatic rings. The molecule has 7 aromatic carbocycles. The molecule has 0 fully saturated rings. The number of nitrogens with zero attached hydrogens (tertiary/aromatic N) is 4. The maximum absolute atomic E-state index is 5.34. The molecule has 0 unspecified atom stereocenters. The predicted molar refractivity (Wildman–Crippen MR) is 257 cm³/mol. The topological polar surface area (TPSA) is 51.6 Å². The third kappa shape index (κ3) is 7.29. The van der Waals surface area contributed by atoms with Gasteiger partial charge in [0.15, 0.2) is 5.82 Å². The zero-order valence-electron chi connectivity index (χ0n) is 34.0. The van der Waals surface area contributed by atoms with Crippen LogP contribution in [0.25, 0.3) is 106 Å². The van der Waals surface area contributed by atoms with E-state index in [4.69, 9.17) is 19.9 Å². The molecule has 0 bridgehead atoms. The van der Waals surface area contributed by atoms with E-state index in [0.29, 0.717) is 5.82 Å². The van der Waals surface area contributed by atoms with Crippen molar-refractivity contribution in [2.45, 2.75) is 12.8 Å². The Hall–Kier alpha value is -8.08. The monoisotopic (exact) mass is 792 g/mol. The molecule has 0 N–H and O–H groups in total. The average Bonchev–Trinajstić information content (AvgIpc) is 3.37. The molecule has 10 aromatic rings. The summed E-state index contributed by atoms with van der Waals surface area (Å²) in [4.78, 5) is 20.8. The molecule has 1 aliphatic carbocycles. The van der Waals surface area contributed by atoms with E-state index in [2.05, 4.69) is 206 Å². The second-order valence-corrected chi connectivity index (χ2v) is 15.7. The van der Waals surface area contributed by atoms with Gasteiger partial charge in [0.2, 0.25) is 0 Å². The Morgan fingerprint density at radius 3 is 1.55 bits per heavy atom. The van der Waals surface area contributed by atoms with Crippen LogP contribution in [0, 0.1) is 0 Å². The lowest BCUT2D eigenvalue weighted by atomic mass is 9.96. The van der Waals surface area contributed by atoms with Crippen molar-refractivity contribution >= 4 is 27.4 Å². The fraction of sp³-hybridized carbons (Fsp3) is 0.0345. The predicted octanol–water partition coefficient (Wildman–Crippen LogP) is 15.0. The van der Waals surface area contributed by atoms with Gasteiger partial charge in [-0.05, 0) is 70.5 Å². The Morgan fingerprint density at radius 2 is 0.871 bits per heavy atom. The molecule has 0 amide bonds. The Labute approximate surface area is 361 Å². The van der Waals surface area contributed by atoms with E-state index in [1.807, 2.05) is 12.1 Å². The lowest BCUT2D eigenvalue weighted by molar-refractivity contribution is 1.04. The highest BCUT2D eigenvalue weighted by atomic mass is 14.9. The average molecular weight is 793 g/mol. The molecular weight excluding hydrogens is 753 g/mol. The highest BCUT2D eigenvalue weighted by molar-refractivity contribution is 6.09. The normalized spacial score (nSPS) is 12.4. The number of rotatable bonds is 8. The van der Waals surface area contributed by atoms with Crippen LogP contribution in [0.3, 0.4) is 0 Å². The minimum atomic E-state index is 0.705. The summed E-state index contributed by atoms with van der Waals surface area (Å²) in [6.45, 7) is 0. The molecular formula is C58H40N4. The number of benzene rings is 7. The Balaban J connectivity index is 0.943. The molecule has 62 heavy (non-hydrogen) atoms. The third-order valence-electron chi connectivity index (χ3n) is 11.7. The summed E-state index contributed by atoms with van der Waals surface area (Å²) in [5.41, 5.74) is 17.6. The Bertz CT molecular complexity index is 3300. The van der Waals surface area contributed by atoms with E-state index < -0.39 is 0 Å². The van der Waals surface area contributed by atoms with E-state index >= 15 is 0 Å². The fourth-order valence-corrected chi connectivity index (χ4v) is 8.46. The van der Waals surface area contributed by atoms with E-state index in [1.54, 1.807) is 0 Å². The third-order valence-corrected chi connectivity index (χ3v) is 11.7. The van der Waals surface area contributed by atoms with Gasteiger partial charge in [0.05, 0.1) is 33.8 Å². The Morgan fingerprint density at radius 1 is 0.323 bits per heavy atom. The van der Waals surface area contributed by atoms with Gasteiger partial charge in [0.25, 0.3) is 0 Å². The minimum Gasteiger partial charge on any atom is -0.245 e. The minimum absolute atomic E-state index is 0.705. The van der Waals surface area contributed by atoms with Crippen LogP contribution in [0.15, 0.2) is 218 Å². The second-order valence-electron chi connectivity index (χ2n) is 15.7. The zero-order chi connectivity index (χ0) is 41.2. The summed E-state index contributed by atoms with van der Waals surface area (Å²) >= 11 is 0. The standard InChI is InChI=1S/C58H40N4/c1-5-14-39(15-6-1)40-26-30-47(31-27-40)58-61-54(44-20-11-4-12-21-44)38-55(62-58)45-28-24-41(25-29-45)48-22-13-23-49(36-48)52-35-33-46-32-34-50-51(42-16-7-2-8-17-42)37-53(43-18-9-3-10-19-43)60-57(50)56(46)59-52/h2-5,7-38H,1,6H2. The molecule has 3 aromatic heterocycles. The van der Waals surface area contributed by atoms with Crippen LogP contribution < -0.4 is 0 Å². The lowest BCUT2D eigenvalue weighted by Crippen LogP contribution is -1.96. The molecule has 4 heteroatoms. The molecule has 292 valence electrons. The summed E-state index contributed by atoms with van der Waals surface area (Å²) in [6.07, 6.45) is 8.94. The summed E-state index contributed by atoms with van der Waals surface area (Å²) < 4.78 is 0. The van der Waals surface area contributed by atoms with Crippen LogP contribution in [0.5, 0.6) is 0 Å². The number of pyridine rings is 2. The number of fused-ring (bicyclic) bond motifs is 3. The van der Waals surface area contributed by atoms with Gasteiger partial charge < -0.3 is 0 Å². The first kappa shape index (κ1) is 37.0. The first-order chi connectivity index (χ1) is 30.7. The number of hydrogen-bond donors (Lipinski definition) is 0. The van der Waals surface area contributed by atoms with Crippen molar-refractivity contribution in [1.82, 2.24) is 19.9 Å². The quantitative estimate of drug-likeness (QED) is 0.144. The van der Waals surface area contributed by atoms with Gasteiger partial charge in [-0.1, -0.05) is 194 Å². The van der Waals surface area contributed by atoms with Crippen molar-refractivity contribution in [3.63, 3.8) is 0 Å². The fourth-order valence-electron chi connectivity index (χ4n) is 8.46. The van der Waals surface area contributed by atoms with Crippen LogP contribution in [-0.2, 0) is 0 Å². The van der Waals surface area contributed by atoms with Gasteiger partial charge >= 0.3 is 0 Å². The van der Waals surface area contributed by atoms with Crippen LogP contribution in [0.2, 0.25) is 0 Å². The Kier molecular flexibility index (Phi) is 9.64. The number of aromatic nitrogens is 4. The molecule has 0 aliphatic heterocycles. The van der Waals surface area contributed by atoms with Crippen molar-refractivity contribution in [3.8, 4) is 78.7 Å². The first-order valence-electron chi connectivity index (χ1n) is 21.2. The highest BCUT2D eigenvalue weighted by Crippen LogP contribution is 2.37. The van der Waals surface area contributed by atoms with Crippen LogP contribution >= 0.6 is 0 Å².